The molecule has 0 aliphatic heterocycles. The predicted octanol–water partition coefficient (Wildman–Crippen LogP) is 0.398. The van der Waals surface area contributed by atoms with Gasteiger partial charge < -0.3 is 10.6 Å². The summed E-state index contributed by atoms with van der Waals surface area (Å²) in [6.45, 7) is -0.286. The number of hydrogen-bond donors (Lipinski definition) is 2. The van der Waals surface area contributed by atoms with Gasteiger partial charge in [-0.2, -0.15) is 0 Å². The maximum Gasteiger partial charge on any atom is 0.242 e. The van der Waals surface area contributed by atoms with Crippen molar-refractivity contribution < 1.29 is 13.2 Å². The number of carbonyl (C=O) groups excluding carboxylic acids is 1. The highest BCUT2D eigenvalue weighted by molar-refractivity contribution is 9.10. The molecule has 0 radical (unpaired) electrons. The first-order valence-corrected chi connectivity index (χ1v) is 7.26. The first-order valence-electron chi connectivity index (χ1n) is 4.99. The van der Waals surface area contributed by atoms with E-state index in [-0.39, 0.29) is 17.3 Å². The van der Waals surface area contributed by atoms with Gasteiger partial charge in [0.15, 0.2) is 0 Å². The Hall–Kier alpha value is -1.12. The van der Waals surface area contributed by atoms with Gasteiger partial charge in [0.1, 0.15) is 0 Å². The van der Waals surface area contributed by atoms with Crippen molar-refractivity contribution in [2.75, 3.05) is 26.4 Å². The molecule has 0 saturated heterocycles. The molecule has 0 spiro atoms. The van der Waals surface area contributed by atoms with E-state index in [0.717, 1.165) is 0 Å². The zero-order chi connectivity index (χ0) is 13.9. The van der Waals surface area contributed by atoms with Gasteiger partial charge >= 0.3 is 0 Å². The van der Waals surface area contributed by atoms with Gasteiger partial charge in [-0.3, -0.25) is 4.79 Å². The SMILES string of the molecule is CN(C)C(=O)CNS(=O)(=O)c1ccc(N)cc1Br. The number of likely N-dealkylation sites (N-methyl/N-ethyl adjacent to an activating group) is 1. The molecule has 0 fully saturated rings. The van der Waals surface area contributed by atoms with E-state index in [1.807, 2.05) is 0 Å². The normalized spacial score (nSPS) is 11.3. The van der Waals surface area contributed by atoms with Crippen molar-refractivity contribution in [1.82, 2.24) is 9.62 Å². The van der Waals surface area contributed by atoms with Gasteiger partial charge in [-0.25, -0.2) is 13.1 Å². The van der Waals surface area contributed by atoms with Crippen molar-refractivity contribution in [3.8, 4) is 0 Å². The number of nitrogens with zero attached hydrogens (tertiary/aromatic N) is 1. The fraction of sp³-hybridized carbons (Fsp3) is 0.300. The average molecular weight is 336 g/mol. The van der Waals surface area contributed by atoms with Gasteiger partial charge in [-0.1, -0.05) is 0 Å². The van der Waals surface area contributed by atoms with Gasteiger partial charge in [-0.05, 0) is 34.1 Å². The minimum Gasteiger partial charge on any atom is -0.399 e. The third kappa shape index (κ3) is 3.69. The highest BCUT2D eigenvalue weighted by Crippen LogP contribution is 2.23. The molecule has 0 bridgehead atoms. The third-order valence-electron chi connectivity index (χ3n) is 2.16. The largest absolute Gasteiger partial charge is 0.399 e. The molecule has 18 heavy (non-hydrogen) atoms. The summed E-state index contributed by atoms with van der Waals surface area (Å²) in [7, 11) is -0.634. The molecule has 1 aromatic rings. The van der Waals surface area contributed by atoms with Crippen molar-refractivity contribution in [2.45, 2.75) is 4.90 Å². The monoisotopic (exact) mass is 335 g/mol. The first-order chi connectivity index (χ1) is 8.24. The van der Waals surface area contributed by atoms with Crippen molar-refractivity contribution in [3.63, 3.8) is 0 Å². The van der Waals surface area contributed by atoms with Gasteiger partial charge in [0, 0.05) is 24.3 Å². The van der Waals surface area contributed by atoms with Crippen LogP contribution in [-0.4, -0.2) is 39.9 Å². The van der Waals surface area contributed by atoms with Gasteiger partial charge in [-0.15, -0.1) is 0 Å². The summed E-state index contributed by atoms with van der Waals surface area (Å²) in [5.41, 5.74) is 5.98. The van der Waals surface area contributed by atoms with Crippen LogP contribution in [0.2, 0.25) is 0 Å². The highest BCUT2D eigenvalue weighted by atomic mass is 79.9. The highest BCUT2D eigenvalue weighted by Gasteiger charge is 2.19. The van der Waals surface area contributed by atoms with Gasteiger partial charge in [0.05, 0.1) is 11.4 Å². The van der Waals surface area contributed by atoms with Crippen LogP contribution < -0.4 is 10.5 Å². The van der Waals surface area contributed by atoms with Crippen LogP contribution in [0, 0.1) is 0 Å². The van der Waals surface area contributed by atoms with E-state index >= 15 is 0 Å². The van der Waals surface area contributed by atoms with Gasteiger partial charge in [0.2, 0.25) is 15.9 Å². The summed E-state index contributed by atoms with van der Waals surface area (Å²) in [6.07, 6.45) is 0. The Balaban J connectivity index is 2.90. The van der Waals surface area contributed by atoms with E-state index < -0.39 is 10.0 Å². The molecule has 6 nitrogen and oxygen atoms in total. The van der Waals surface area contributed by atoms with Crippen LogP contribution in [0.3, 0.4) is 0 Å². The number of sulfonamides is 1. The Morgan fingerprint density at radius 1 is 1.44 bits per heavy atom. The molecular formula is C10H14BrN3O3S. The second kappa shape index (κ2) is 5.68. The van der Waals surface area contributed by atoms with Crippen LogP contribution >= 0.6 is 15.9 Å². The Morgan fingerprint density at radius 2 is 2.06 bits per heavy atom. The van der Waals surface area contributed by atoms with E-state index in [9.17, 15) is 13.2 Å². The zero-order valence-corrected chi connectivity index (χ0v) is 12.4. The summed E-state index contributed by atoms with van der Waals surface area (Å²) in [5.74, 6) is -0.329. The maximum absolute atomic E-state index is 11.9. The number of nitrogens with two attached hydrogens (primary N) is 1. The van der Waals surface area contributed by atoms with Crippen molar-refractivity contribution >= 4 is 37.5 Å². The molecule has 8 heteroatoms. The minimum absolute atomic E-state index is 0.0447. The molecule has 3 N–H and O–H groups in total. The average Bonchev–Trinajstić information content (AvgIpc) is 2.25. The van der Waals surface area contributed by atoms with E-state index in [1.165, 1.54) is 23.1 Å². The number of halogens is 1. The number of rotatable bonds is 4. The molecule has 0 heterocycles. The smallest absolute Gasteiger partial charge is 0.242 e. The van der Waals surface area contributed by atoms with Crippen LogP contribution in [0.15, 0.2) is 27.6 Å². The Bertz CT molecular complexity index is 557. The zero-order valence-electron chi connectivity index (χ0n) is 9.97. The summed E-state index contributed by atoms with van der Waals surface area (Å²) < 4.78 is 26.5. The summed E-state index contributed by atoms with van der Waals surface area (Å²) in [4.78, 5) is 12.7. The lowest BCUT2D eigenvalue weighted by Crippen LogP contribution is -2.36. The van der Waals surface area contributed by atoms with Crippen LogP contribution in [0.1, 0.15) is 0 Å². The quantitative estimate of drug-likeness (QED) is 0.779. The molecule has 0 unspecified atom stereocenters. The van der Waals surface area contributed by atoms with Crippen LogP contribution in [0.4, 0.5) is 5.69 Å². The number of benzene rings is 1. The lowest BCUT2D eigenvalue weighted by molar-refractivity contribution is -0.127. The van der Waals surface area contributed by atoms with E-state index in [0.29, 0.717) is 10.2 Å². The van der Waals surface area contributed by atoms with Crippen molar-refractivity contribution in [1.29, 1.82) is 0 Å². The van der Waals surface area contributed by atoms with E-state index in [2.05, 4.69) is 20.7 Å². The summed E-state index contributed by atoms with van der Waals surface area (Å²) in [6, 6.07) is 4.34. The molecule has 0 aliphatic rings. The topological polar surface area (TPSA) is 92.5 Å². The number of nitrogens with one attached hydrogen (secondary N) is 1. The van der Waals surface area contributed by atoms with E-state index in [1.54, 1.807) is 14.1 Å². The molecule has 0 saturated carbocycles. The minimum atomic E-state index is -3.74. The Morgan fingerprint density at radius 3 is 2.56 bits per heavy atom. The van der Waals surface area contributed by atoms with Gasteiger partial charge in [0.25, 0.3) is 0 Å². The fourth-order valence-electron chi connectivity index (χ4n) is 1.13. The van der Waals surface area contributed by atoms with Crippen LogP contribution in [-0.2, 0) is 14.8 Å². The number of nitrogen functional groups attached to an aromatic ring is 1. The second-order valence-corrected chi connectivity index (χ2v) is 6.39. The number of hydrogen-bond acceptors (Lipinski definition) is 4. The lowest BCUT2D eigenvalue weighted by Gasteiger charge is -2.12. The maximum atomic E-state index is 11.9. The molecule has 1 rings (SSSR count). The number of anilines is 1. The Labute approximate surface area is 114 Å². The van der Waals surface area contributed by atoms with Crippen molar-refractivity contribution in [2.24, 2.45) is 0 Å². The summed E-state index contributed by atoms with van der Waals surface area (Å²) in [5, 5.41) is 0. The molecule has 1 aromatic carbocycles. The first kappa shape index (κ1) is 14.9. The second-order valence-electron chi connectivity index (χ2n) is 3.80. The molecular weight excluding hydrogens is 322 g/mol. The third-order valence-corrected chi connectivity index (χ3v) is 4.54. The predicted molar refractivity (Wildman–Crippen MR) is 72.4 cm³/mol. The lowest BCUT2D eigenvalue weighted by atomic mass is 10.3. The fourth-order valence-corrected chi connectivity index (χ4v) is 3.20. The molecule has 1 amide bonds. The molecule has 100 valence electrons. The Kier molecular flexibility index (Phi) is 4.71. The van der Waals surface area contributed by atoms with Crippen molar-refractivity contribution in [3.05, 3.63) is 22.7 Å². The summed E-state index contributed by atoms with van der Waals surface area (Å²) >= 11 is 3.12. The molecule has 0 aromatic heterocycles. The number of carbonyl (C=O) groups is 1. The van der Waals surface area contributed by atoms with Crippen LogP contribution in [0.25, 0.3) is 0 Å². The standard InChI is InChI=1S/C10H14BrN3O3S/c1-14(2)10(15)6-13-18(16,17)9-4-3-7(12)5-8(9)11/h3-5,13H,6,12H2,1-2H3. The molecule has 0 aliphatic carbocycles. The molecule has 0 atom stereocenters. The number of amides is 1. The van der Waals surface area contributed by atoms with Crippen LogP contribution in [0.5, 0.6) is 0 Å². The van der Waals surface area contributed by atoms with E-state index in [4.69, 9.17) is 5.73 Å².